The molecule has 0 saturated heterocycles. The molecule has 1 nitrogen and oxygen atoms in total. The Morgan fingerprint density at radius 2 is 1.70 bits per heavy atom. The molecule has 106 valence electrons. The summed E-state index contributed by atoms with van der Waals surface area (Å²) in [4.78, 5) is 0.0659. The average Bonchev–Trinajstić information content (AvgIpc) is 2.38. The molecule has 0 aliphatic rings. The lowest BCUT2D eigenvalue weighted by molar-refractivity contribution is 0.242. The highest BCUT2D eigenvalue weighted by Crippen LogP contribution is 2.36. The molecular weight excluding hydrogens is 403 g/mol. The molecule has 0 heterocycles. The molecule has 0 saturated carbocycles. The fourth-order valence-electron chi connectivity index (χ4n) is 1.87. The first kappa shape index (κ1) is 15.9. The van der Waals surface area contributed by atoms with Gasteiger partial charge in [-0.2, -0.15) is 0 Å². The molecule has 4 heteroatoms. The molecule has 1 unspecified atom stereocenters. The van der Waals surface area contributed by atoms with Crippen LogP contribution in [0.5, 0.6) is 5.75 Å². The van der Waals surface area contributed by atoms with E-state index in [1.807, 2.05) is 44.2 Å². The zero-order valence-electron chi connectivity index (χ0n) is 11.2. The summed E-state index contributed by atoms with van der Waals surface area (Å²) in [6, 6.07) is 14.0. The zero-order chi connectivity index (χ0) is 14.7. The Morgan fingerprint density at radius 3 is 2.25 bits per heavy atom. The van der Waals surface area contributed by atoms with Crippen LogP contribution >= 0.6 is 43.5 Å². The summed E-state index contributed by atoms with van der Waals surface area (Å²) < 4.78 is 6.62. The van der Waals surface area contributed by atoms with Crippen LogP contribution < -0.4 is 4.74 Å². The highest BCUT2D eigenvalue weighted by Gasteiger charge is 2.14. The Kier molecular flexibility index (Phi) is 5.53. The van der Waals surface area contributed by atoms with Gasteiger partial charge in [-0.05, 0) is 49.2 Å². The topological polar surface area (TPSA) is 9.23 Å². The van der Waals surface area contributed by atoms with E-state index < -0.39 is 0 Å². The van der Waals surface area contributed by atoms with Crippen LogP contribution in [0.25, 0.3) is 0 Å². The molecule has 0 fully saturated rings. The van der Waals surface area contributed by atoms with Gasteiger partial charge in [0.2, 0.25) is 0 Å². The normalized spacial score (nSPS) is 12.5. The van der Waals surface area contributed by atoms with Crippen molar-refractivity contribution in [2.45, 2.75) is 24.8 Å². The Labute approximate surface area is 141 Å². The molecule has 20 heavy (non-hydrogen) atoms. The summed E-state index contributed by atoms with van der Waals surface area (Å²) in [5.74, 6) is 0.880. The molecule has 0 radical (unpaired) electrons. The van der Waals surface area contributed by atoms with Crippen LogP contribution in [0.2, 0.25) is 5.02 Å². The van der Waals surface area contributed by atoms with Crippen molar-refractivity contribution in [1.29, 1.82) is 0 Å². The molecule has 2 aromatic rings. The van der Waals surface area contributed by atoms with Gasteiger partial charge < -0.3 is 4.74 Å². The first-order valence-corrected chi connectivity index (χ1v) is 8.41. The zero-order valence-corrected chi connectivity index (χ0v) is 15.2. The van der Waals surface area contributed by atoms with Crippen molar-refractivity contribution >= 4 is 43.5 Å². The van der Waals surface area contributed by atoms with Crippen LogP contribution in [-0.4, -0.2) is 6.10 Å². The quantitative estimate of drug-likeness (QED) is 0.524. The molecule has 0 aromatic heterocycles. The summed E-state index contributed by atoms with van der Waals surface area (Å²) in [7, 11) is 0. The van der Waals surface area contributed by atoms with Gasteiger partial charge in [0.25, 0.3) is 0 Å². The minimum Gasteiger partial charge on any atom is -0.491 e. The third-order valence-electron chi connectivity index (χ3n) is 2.78. The summed E-state index contributed by atoms with van der Waals surface area (Å²) in [6.07, 6.45) is 0.182. The largest absolute Gasteiger partial charge is 0.491 e. The number of alkyl halides is 1. The SMILES string of the molecule is CC(C)Oc1ccc(C(Br)c2ccc(Br)cc2Cl)cc1. The summed E-state index contributed by atoms with van der Waals surface area (Å²) in [6.45, 7) is 4.03. The van der Waals surface area contributed by atoms with Gasteiger partial charge in [0, 0.05) is 9.50 Å². The summed E-state index contributed by atoms with van der Waals surface area (Å²) >= 11 is 13.4. The maximum absolute atomic E-state index is 6.29. The number of hydrogen-bond donors (Lipinski definition) is 0. The number of halogens is 3. The fraction of sp³-hybridized carbons (Fsp3) is 0.250. The van der Waals surface area contributed by atoms with Gasteiger partial charge >= 0.3 is 0 Å². The van der Waals surface area contributed by atoms with Gasteiger partial charge in [-0.3, -0.25) is 0 Å². The predicted molar refractivity (Wildman–Crippen MR) is 92.1 cm³/mol. The van der Waals surface area contributed by atoms with E-state index in [2.05, 4.69) is 44.0 Å². The summed E-state index contributed by atoms with van der Waals surface area (Å²) in [5, 5.41) is 0.740. The monoisotopic (exact) mass is 416 g/mol. The smallest absolute Gasteiger partial charge is 0.119 e. The second-order valence-electron chi connectivity index (χ2n) is 4.76. The van der Waals surface area contributed by atoms with E-state index in [1.54, 1.807) is 0 Å². The molecule has 0 aliphatic heterocycles. The van der Waals surface area contributed by atoms with Crippen LogP contribution in [0.3, 0.4) is 0 Å². The van der Waals surface area contributed by atoms with Crippen LogP contribution in [-0.2, 0) is 0 Å². The number of rotatable bonds is 4. The minimum atomic E-state index is 0.0659. The van der Waals surface area contributed by atoms with Crippen LogP contribution in [0.4, 0.5) is 0 Å². The van der Waals surface area contributed by atoms with Crippen LogP contribution in [0, 0.1) is 0 Å². The molecule has 2 aromatic carbocycles. The third kappa shape index (κ3) is 4.00. The van der Waals surface area contributed by atoms with E-state index in [9.17, 15) is 0 Å². The van der Waals surface area contributed by atoms with Gasteiger partial charge in [0.15, 0.2) is 0 Å². The molecule has 2 rings (SSSR count). The lowest BCUT2D eigenvalue weighted by atomic mass is 10.0. The molecule has 0 spiro atoms. The lowest BCUT2D eigenvalue weighted by Gasteiger charge is -2.14. The van der Waals surface area contributed by atoms with Crippen molar-refractivity contribution in [3.05, 3.63) is 63.1 Å². The van der Waals surface area contributed by atoms with E-state index in [1.165, 1.54) is 0 Å². The van der Waals surface area contributed by atoms with E-state index >= 15 is 0 Å². The standard InChI is InChI=1S/C16H15Br2ClO/c1-10(2)20-13-6-3-11(4-7-13)16(18)14-8-5-12(17)9-15(14)19/h3-10,16H,1-2H3. The van der Waals surface area contributed by atoms with Crippen molar-refractivity contribution in [2.24, 2.45) is 0 Å². The predicted octanol–water partition coefficient (Wildman–Crippen LogP) is 6.37. The van der Waals surface area contributed by atoms with Crippen molar-refractivity contribution in [3.8, 4) is 5.75 Å². The maximum Gasteiger partial charge on any atom is 0.119 e. The fourth-order valence-corrected chi connectivity index (χ4v) is 3.49. The van der Waals surface area contributed by atoms with Gasteiger partial charge in [-0.1, -0.05) is 61.7 Å². The third-order valence-corrected chi connectivity index (χ3v) is 4.62. The highest BCUT2D eigenvalue weighted by molar-refractivity contribution is 9.10. The molecular formula is C16H15Br2ClO. The van der Waals surface area contributed by atoms with Gasteiger partial charge in [0.1, 0.15) is 5.75 Å². The average molecular weight is 419 g/mol. The van der Waals surface area contributed by atoms with Gasteiger partial charge in [0.05, 0.1) is 10.9 Å². The minimum absolute atomic E-state index is 0.0659. The van der Waals surface area contributed by atoms with Crippen molar-refractivity contribution in [2.75, 3.05) is 0 Å². The Balaban J connectivity index is 2.22. The van der Waals surface area contributed by atoms with Crippen molar-refractivity contribution < 1.29 is 4.74 Å². The highest BCUT2D eigenvalue weighted by atomic mass is 79.9. The number of ether oxygens (including phenoxy) is 1. The van der Waals surface area contributed by atoms with E-state index in [-0.39, 0.29) is 10.9 Å². The molecule has 0 aliphatic carbocycles. The number of hydrogen-bond acceptors (Lipinski definition) is 1. The van der Waals surface area contributed by atoms with Crippen molar-refractivity contribution in [1.82, 2.24) is 0 Å². The molecule has 0 N–H and O–H groups in total. The summed E-state index contributed by atoms with van der Waals surface area (Å²) in [5.41, 5.74) is 2.19. The first-order chi connectivity index (χ1) is 9.47. The first-order valence-electron chi connectivity index (χ1n) is 6.33. The van der Waals surface area contributed by atoms with Gasteiger partial charge in [-0.15, -0.1) is 0 Å². The Bertz CT molecular complexity index is 582. The Hall–Kier alpha value is -0.510. The Morgan fingerprint density at radius 1 is 1.05 bits per heavy atom. The van der Waals surface area contributed by atoms with Gasteiger partial charge in [-0.25, -0.2) is 0 Å². The van der Waals surface area contributed by atoms with E-state index in [0.29, 0.717) is 0 Å². The lowest BCUT2D eigenvalue weighted by Crippen LogP contribution is -2.05. The van der Waals surface area contributed by atoms with Crippen molar-refractivity contribution in [3.63, 3.8) is 0 Å². The second-order valence-corrected chi connectivity index (χ2v) is 7.00. The number of benzene rings is 2. The molecule has 1 atom stereocenters. The van der Waals surface area contributed by atoms with Crippen LogP contribution in [0.1, 0.15) is 29.8 Å². The molecule has 0 bridgehead atoms. The molecule has 0 amide bonds. The van der Waals surface area contributed by atoms with E-state index in [4.69, 9.17) is 16.3 Å². The second kappa shape index (κ2) is 6.97. The van der Waals surface area contributed by atoms with E-state index in [0.717, 1.165) is 26.4 Å². The maximum atomic E-state index is 6.29. The van der Waals surface area contributed by atoms with Crippen LogP contribution in [0.15, 0.2) is 46.9 Å².